The van der Waals surface area contributed by atoms with Gasteiger partial charge in [-0.2, -0.15) is 0 Å². The Bertz CT molecular complexity index is 1160. The quantitative estimate of drug-likeness (QED) is 0.766. The first kappa shape index (κ1) is 19.3. The van der Waals surface area contributed by atoms with Gasteiger partial charge < -0.3 is 9.80 Å². The van der Waals surface area contributed by atoms with E-state index in [1.54, 1.807) is 41.2 Å². The molecule has 0 aromatic heterocycles. The maximum Gasteiger partial charge on any atom is 0.328 e. The number of likely N-dealkylation sites (N-methyl/N-ethyl adjacent to an activating group) is 1. The SMILES string of the molecule is CC1=CN2C(=NC3C2C(=O)N(Cc2cccc(C)c2)C(=O)N3C)N1c1ccccc1F. The maximum absolute atomic E-state index is 14.5. The van der Waals surface area contributed by atoms with E-state index < -0.39 is 18.2 Å². The molecule has 8 heteroatoms. The van der Waals surface area contributed by atoms with E-state index in [1.807, 2.05) is 38.1 Å². The van der Waals surface area contributed by atoms with Crippen molar-refractivity contribution in [3.63, 3.8) is 0 Å². The standard InChI is InChI=1S/C23H22FN5O2/c1-14-7-6-8-16(11-14)13-28-21(30)19-20(26(3)23(28)31)25-22-27(19)12-15(2)29(22)18-10-5-4-9-17(18)24/h4-12,19-20H,13H2,1-3H3. The topological polar surface area (TPSA) is 59.5 Å². The largest absolute Gasteiger partial charge is 0.328 e. The lowest BCUT2D eigenvalue weighted by atomic mass is 10.1. The highest BCUT2D eigenvalue weighted by molar-refractivity contribution is 6.09. The van der Waals surface area contributed by atoms with Crippen molar-refractivity contribution in [2.24, 2.45) is 4.99 Å². The number of imide groups is 1. The maximum atomic E-state index is 14.5. The molecule has 3 aliphatic rings. The Kier molecular flexibility index (Phi) is 4.32. The van der Waals surface area contributed by atoms with Crippen molar-refractivity contribution in [3.05, 3.63) is 77.4 Å². The number of benzene rings is 2. The molecule has 5 rings (SSSR count). The molecule has 0 radical (unpaired) electrons. The molecule has 0 spiro atoms. The van der Waals surface area contributed by atoms with Gasteiger partial charge in [-0.15, -0.1) is 0 Å². The van der Waals surface area contributed by atoms with Crippen LogP contribution in [0.4, 0.5) is 14.9 Å². The van der Waals surface area contributed by atoms with Crippen LogP contribution in [0.25, 0.3) is 0 Å². The summed E-state index contributed by atoms with van der Waals surface area (Å²) in [5.41, 5.74) is 3.05. The summed E-state index contributed by atoms with van der Waals surface area (Å²) in [7, 11) is 1.64. The number of halogens is 1. The second-order valence-corrected chi connectivity index (χ2v) is 8.06. The molecular formula is C23H22FN5O2. The van der Waals surface area contributed by atoms with Gasteiger partial charge in [-0.3, -0.25) is 14.6 Å². The van der Waals surface area contributed by atoms with E-state index in [0.717, 1.165) is 16.8 Å². The van der Waals surface area contributed by atoms with Crippen LogP contribution in [-0.2, 0) is 11.3 Å². The Balaban J connectivity index is 1.49. The fraction of sp³-hybridized carbons (Fsp3) is 0.261. The first-order valence-corrected chi connectivity index (χ1v) is 10.1. The second kappa shape index (κ2) is 6.94. The summed E-state index contributed by atoms with van der Waals surface area (Å²) in [5, 5.41) is 0. The number of carbonyl (C=O) groups is 2. The third-order valence-corrected chi connectivity index (χ3v) is 5.90. The molecule has 158 valence electrons. The number of anilines is 1. The van der Waals surface area contributed by atoms with Gasteiger partial charge in [0.05, 0.1) is 12.2 Å². The average molecular weight is 419 g/mol. The molecule has 3 heterocycles. The first-order valence-electron chi connectivity index (χ1n) is 10.1. The van der Waals surface area contributed by atoms with E-state index in [4.69, 9.17) is 0 Å². The summed E-state index contributed by atoms with van der Waals surface area (Å²) < 4.78 is 14.5. The van der Waals surface area contributed by atoms with Gasteiger partial charge in [0.1, 0.15) is 5.82 Å². The molecule has 0 aliphatic carbocycles. The molecule has 2 unspecified atom stereocenters. The van der Waals surface area contributed by atoms with Gasteiger partial charge in [0, 0.05) is 18.9 Å². The van der Waals surface area contributed by atoms with E-state index in [9.17, 15) is 14.0 Å². The summed E-state index contributed by atoms with van der Waals surface area (Å²) >= 11 is 0. The average Bonchev–Trinajstić information content (AvgIpc) is 3.25. The number of para-hydroxylation sites is 1. The highest BCUT2D eigenvalue weighted by Gasteiger charge is 2.54. The van der Waals surface area contributed by atoms with Gasteiger partial charge in [0.15, 0.2) is 12.2 Å². The van der Waals surface area contributed by atoms with Crippen molar-refractivity contribution in [1.82, 2.24) is 14.7 Å². The van der Waals surface area contributed by atoms with Gasteiger partial charge in [0.2, 0.25) is 5.96 Å². The van der Waals surface area contributed by atoms with Crippen molar-refractivity contribution in [2.75, 3.05) is 11.9 Å². The molecule has 2 aromatic rings. The van der Waals surface area contributed by atoms with E-state index in [1.165, 1.54) is 15.9 Å². The minimum absolute atomic E-state index is 0.190. The highest BCUT2D eigenvalue weighted by atomic mass is 19.1. The monoisotopic (exact) mass is 419 g/mol. The fourth-order valence-electron chi connectivity index (χ4n) is 4.42. The van der Waals surface area contributed by atoms with E-state index in [-0.39, 0.29) is 18.3 Å². The number of urea groups is 1. The van der Waals surface area contributed by atoms with Crippen molar-refractivity contribution >= 4 is 23.6 Å². The molecule has 0 saturated carbocycles. The van der Waals surface area contributed by atoms with Crippen molar-refractivity contribution < 1.29 is 14.0 Å². The smallest absolute Gasteiger partial charge is 0.302 e. The third-order valence-electron chi connectivity index (χ3n) is 5.90. The van der Waals surface area contributed by atoms with Gasteiger partial charge in [-0.1, -0.05) is 42.0 Å². The summed E-state index contributed by atoms with van der Waals surface area (Å²) in [6, 6.07) is 13.1. The molecule has 0 bridgehead atoms. The van der Waals surface area contributed by atoms with Crippen molar-refractivity contribution in [2.45, 2.75) is 32.6 Å². The van der Waals surface area contributed by atoms with Crippen molar-refractivity contribution in [1.29, 1.82) is 0 Å². The van der Waals surface area contributed by atoms with Crippen molar-refractivity contribution in [3.8, 4) is 0 Å². The lowest BCUT2D eigenvalue weighted by Crippen LogP contribution is -2.63. The third kappa shape index (κ3) is 2.90. The molecule has 2 atom stereocenters. The van der Waals surface area contributed by atoms with Gasteiger partial charge >= 0.3 is 6.03 Å². The minimum Gasteiger partial charge on any atom is -0.302 e. The molecule has 0 N–H and O–H groups in total. The molecule has 2 aromatic carbocycles. The Hall–Kier alpha value is -3.68. The van der Waals surface area contributed by atoms with Gasteiger partial charge in [-0.05, 0) is 31.5 Å². The zero-order chi connectivity index (χ0) is 21.9. The molecule has 31 heavy (non-hydrogen) atoms. The van der Waals surface area contributed by atoms with Crippen LogP contribution in [0, 0.1) is 12.7 Å². The van der Waals surface area contributed by atoms with Crippen LogP contribution in [0.5, 0.6) is 0 Å². The highest BCUT2D eigenvalue weighted by Crippen LogP contribution is 2.37. The Morgan fingerprint density at radius 2 is 1.84 bits per heavy atom. The lowest BCUT2D eigenvalue weighted by molar-refractivity contribution is -0.137. The Morgan fingerprint density at radius 3 is 2.58 bits per heavy atom. The van der Waals surface area contributed by atoms with Crippen LogP contribution in [0.3, 0.4) is 0 Å². The lowest BCUT2D eigenvalue weighted by Gasteiger charge is -2.40. The number of aliphatic imine (C=N–C) groups is 1. The van der Waals surface area contributed by atoms with Crippen LogP contribution in [0.2, 0.25) is 0 Å². The zero-order valence-corrected chi connectivity index (χ0v) is 17.5. The van der Waals surface area contributed by atoms with Gasteiger partial charge in [-0.25, -0.2) is 14.2 Å². The molecule has 1 fully saturated rings. The number of rotatable bonds is 3. The molecule has 3 amide bonds. The predicted molar refractivity (Wildman–Crippen MR) is 114 cm³/mol. The number of nitrogens with zero attached hydrogens (tertiary/aromatic N) is 5. The molecule has 1 saturated heterocycles. The minimum atomic E-state index is -0.686. The number of amides is 3. The molecular weight excluding hydrogens is 397 g/mol. The molecule has 3 aliphatic heterocycles. The normalized spacial score (nSPS) is 22.6. The second-order valence-electron chi connectivity index (χ2n) is 8.06. The van der Waals surface area contributed by atoms with E-state index in [2.05, 4.69) is 4.99 Å². The summed E-state index contributed by atoms with van der Waals surface area (Å²) in [4.78, 5) is 37.3. The Morgan fingerprint density at radius 1 is 1.06 bits per heavy atom. The van der Waals surface area contributed by atoms with Gasteiger partial charge in [0.25, 0.3) is 5.91 Å². The van der Waals surface area contributed by atoms with E-state index in [0.29, 0.717) is 11.6 Å². The summed E-state index contributed by atoms with van der Waals surface area (Å²) in [5.74, 6) is -0.248. The predicted octanol–water partition coefficient (Wildman–Crippen LogP) is 3.28. The zero-order valence-electron chi connectivity index (χ0n) is 17.5. The molecule has 7 nitrogen and oxygen atoms in total. The number of fused-ring (bicyclic) bond motifs is 3. The van der Waals surface area contributed by atoms with Crippen LogP contribution >= 0.6 is 0 Å². The Labute approximate surface area is 179 Å². The van der Waals surface area contributed by atoms with Crippen LogP contribution in [0.1, 0.15) is 18.1 Å². The van der Waals surface area contributed by atoms with Crippen LogP contribution in [-0.4, -0.2) is 51.9 Å². The summed E-state index contributed by atoms with van der Waals surface area (Å²) in [6.45, 7) is 4.00. The van der Waals surface area contributed by atoms with Crippen LogP contribution < -0.4 is 4.90 Å². The summed E-state index contributed by atoms with van der Waals surface area (Å²) in [6.07, 6.45) is 1.13. The first-order chi connectivity index (χ1) is 14.9. The van der Waals surface area contributed by atoms with E-state index >= 15 is 0 Å². The number of aryl methyl sites for hydroxylation is 1. The number of hydrogen-bond donors (Lipinski definition) is 0. The fourth-order valence-corrected chi connectivity index (χ4v) is 4.42. The number of guanidine groups is 1. The number of hydrogen-bond acceptors (Lipinski definition) is 5. The number of carbonyl (C=O) groups excluding carboxylic acids is 2. The van der Waals surface area contributed by atoms with Crippen LogP contribution in [0.15, 0.2) is 65.4 Å². The number of allylic oxidation sites excluding steroid dienone is 1.